The Morgan fingerprint density at radius 2 is 2.16 bits per heavy atom. The Labute approximate surface area is 114 Å². The molecule has 0 aliphatic rings. The summed E-state index contributed by atoms with van der Waals surface area (Å²) in [6, 6.07) is 2.11. The monoisotopic (exact) mass is 261 g/mol. The van der Waals surface area contributed by atoms with Crippen molar-refractivity contribution in [1.29, 1.82) is 0 Å². The Kier molecular flexibility index (Phi) is 4.37. The van der Waals surface area contributed by atoms with Gasteiger partial charge in [-0.25, -0.2) is 4.98 Å². The molecule has 0 aliphatic carbocycles. The summed E-state index contributed by atoms with van der Waals surface area (Å²) < 4.78 is 3.97. The van der Waals surface area contributed by atoms with Gasteiger partial charge in [0.1, 0.15) is 0 Å². The van der Waals surface area contributed by atoms with Crippen LogP contribution >= 0.6 is 0 Å². The standard InChI is InChI=1S/C14H23N5/c1-11(2)8-13(15)14-9-16-10-19(14)7-5-12-4-6-18(3)17-12/h4,6,9-11,13H,5,7-8,15H2,1-3H3. The Morgan fingerprint density at radius 3 is 2.79 bits per heavy atom. The molecule has 0 aromatic carbocycles. The average molecular weight is 261 g/mol. The summed E-state index contributed by atoms with van der Waals surface area (Å²) in [7, 11) is 1.94. The van der Waals surface area contributed by atoms with E-state index in [-0.39, 0.29) is 6.04 Å². The van der Waals surface area contributed by atoms with Gasteiger partial charge in [-0.3, -0.25) is 4.68 Å². The van der Waals surface area contributed by atoms with Crippen LogP contribution in [0.5, 0.6) is 0 Å². The SMILES string of the molecule is CC(C)CC(N)c1cncn1CCc1ccn(C)n1. The molecule has 0 saturated heterocycles. The molecule has 0 saturated carbocycles. The van der Waals surface area contributed by atoms with Crippen LogP contribution in [0.3, 0.4) is 0 Å². The molecule has 0 bridgehead atoms. The van der Waals surface area contributed by atoms with Crippen molar-refractivity contribution in [3.63, 3.8) is 0 Å². The van der Waals surface area contributed by atoms with Crippen LogP contribution < -0.4 is 5.73 Å². The van der Waals surface area contributed by atoms with Gasteiger partial charge < -0.3 is 10.3 Å². The fraction of sp³-hybridized carbons (Fsp3) is 0.571. The second-order valence-electron chi connectivity index (χ2n) is 5.48. The average Bonchev–Trinajstić information content (AvgIpc) is 2.93. The smallest absolute Gasteiger partial charge is 0.0948 e. The summed E-state index contributed by atoms with van der Waals surface area (Å²) in [5.74, 6) is 0.592. The van der Waals surface area contributed by atoms with Gasteiger partial charge in [0.25, 0.3) is 0 Å². The summed E-state index contributed by atoms with van der Waals surface area (Å²) in [6.45, 7) is 5.25. The molecule has 104 valence electrons. The highest BCUT2D eigenvalue weighted by Crippen LogP contribution is 2.18. The molecule has 0 amide bonds. The molecule has 0 aliphatic heterocycles. The number of nitrogens with zero attached hydrogens (tertiary/aromatic N) is 4. The van der Waals surface area contributed by atoms with E-state index in [0.717, 1.165) is 30.8 Å². The van der Waals surface area contributed by atoms with E-state index in [0.29, 0.717) is 5.92 Å². The number of imidazole rings is 1. The highest BCUT2D eigenvalue weighted by Gasteiger charge is 2.13. The summed E-state index contributed by atoms with van der Waals surface area (Å²) >= 11 is 0. The van der Waals surface area contributed by atoms with Crippen LogP contribution in [0.4, 0.5) is 0 Å². The minimum atomic E-state index is 0.0613. The molecule has 5 nitrogen and oxygen atoms in total. The lowest BCUT2D eigenvalue weighted by atomic mass is 10.0. The van der Waals surface area contributed by atoms with Crippen LogP contribution in [-0.4, -0.2) is 19.3 Å². The molecule has 2 rings (SSSR count). The Bertz CT molecular complexity index is 511. The summed E-state index contributed by atoms with van der Waals surface area (Å²) in [5.41, 5.74) is 8.45. The third-order valence-corrected chi connectivity index (χ3v) is 3.23. The minimum absolute atomic E-state index is 0.0613. The quantitative estimate of drug-likeness (QED) is 0.864. The van der Waals surface area contributed by atoms with Gasteiger partial charge in [0, 0.05) is 38.4 Å². The lowest BCUT2D eigenvalue weighted by Crippen LogP contribution is -2.18. The summed E-state index contributed by atoms with van der Waals surface area (Å²) in [4.78, 5) is 4.23. The maximum atomic E-state index is 6.23. The molecule has 1 atom stereocenters. The molecule has 0 fully saturated rings. The fourth-order valence-corrected chi connectivity index (χ4v) is 2.29. The molecule has 2 aromatic rings. The van der Waals surface area contributed by atoms with Gasteiger partial charge in [0.2, 0.25) is 0 Å². The zero-order valence-electron chi connectivity index (χ0n) is 12.0. The van der Waals surface area contributed by atoms with Crippen LogP contribution in [0.25, 0.3) is 0 Å². The van der Waals surface area contributed by atoms with Crippen LogP contribution in [0.1, 0.15) is 37.7 Å². The first-order chi connectivity index (χ1) is 9.06. The number of aromatic nitrogens is 4. The van der Waals surface area contributed by atoms with Gasteiger partial charge in [0.05, 0.1) is 17.7 Å². The van der Waals surface area contributed by atoms with Crippen LogP contribution in [0.2, 0.25) is 0 Å². The molecule has 2 aromatic heterocycles. The van der Waals surface area contributed by atoms with Crippen molar-refractivity contribution in [1.82, 2.24) is 19.3 Å². The van der Waals surface area contributed by atoms with E-state index in [2.05, 4.69) is 28.5 Å². The second-order valence-corrected chi connectivity index (χ2v) is 5.48. The van der Waals surface area contributed by atoms with Crippen molar-refractivity contribution < 1.29 is 0 Å². The predicted octanol–water partition coefficient (Wildman–Crippen LogP) is 1.91. The lowest BCUT2D eigenvalue weighted by Gasteiger charge is -2.16. The Balaban J connectivity index is 1.99. The van der Waals surface area contributed by atoms with E-state index in [1.807, 2.05) is 36.5 Å². The zero-order valence-corrected chi connectivity index (χ0v) is 12.0. The van der Waals surface area contributed by atoms with Crippen molar-refractivity contribution in [2.75, 3.05) is 0 Å². The fourth-order valence-electron chi connectivity index (χ4n) is 2.29. The van der Waals surface area contributed by atoms with Crippen LogP contribution in [0, 0.1) is 5.92 Å². The maximum Gasteiger partial charge on any atom is 0.0948 e. The highest BCUT2D eigenvalue weighted by atomic mass is 15.2. The molecule has 2 heterocycles. The first kappa shape index (κ1) is 13.8. The predicted molar refractivity (Wildman–Crippen MR) is 75.5 cm³/mol. The van der Waals surface area contributed by atoms with Crippen molar-refractivity contribution in [3.8, 4) is 0 Å². The van der Waals surface area contributed by atoms with E-state index in [9.17, 15) is 0 Å². The van der Waals surface area contributed by atoms with Crippen LogP contribution in [-0.2, 0) is 20.0 Å². The molecule has 5 heteroatoms. The van der Waals surface area contributed by atoms with Gasteiger partial charge in [-0.1, -0.05) is 13.8 Å². The number of hydrogen-bond donors (Lipinski definition) is 1. The third-order valence-electron chi connectivity index (χ3n) is 3.23. The van der Waals surface area contributed by atoms with Crippen molar-refractivity contribution in [2.24, 2.45) is 18.7 Å². The van der Waals surface area contributed by atoms with Gasteiger partial charge in [-0.05, 0) is 18.4 Å². The number of rotatable bonds is 6. The van der Waals surface area contributed by atoms with Crippen LogP contribution in [0.15, 0.2) is 24.8 Å². The van der Waals surface area contributed by atoms with Gasteiger partial charge in [-0.15, -0.1) is 0 Å². The molecule has 19 heavy (non-hydrogen) atoms. The third kappa shape index (κ3) is 3.67. The Hall–Kier alpha value is -1.62. The number of aryl methyl sites for hydroxylation is 3. The Morgan fingerprint density at radius 1 is 1.37 bits per heavy atom. The van der Waals surface area contributed by atoms with E-state index in [1.54, 1.807) is 0 Å². The van der Waals surface area contributed by atoms with Gasteiger partial charge in [0.15, 0.2) is 0 Å². The highest BCUT2D eigenvalue weighted by molar-refractivity contribution is 5.06. The first-order valence-corrected chi connectivity index (χ1v) is 6.80. The molecule has 0 radical (unpaired) electrons. The number of nitrogens with two attached hydrogens (primary N) is 1. The van der Waals surface area contributed by atoms with E-state index in [1.165, 1.54) is 0 Å². The maximum absolute atomic E-state index is 6.23. The van der Waals surface area contributed by atoms with Crippen molar-refractivity contribution >= 4 is 0 Å². The molecular weight excluding hydrogens is 238 g/mol. The molecule has 1 unspecified atom stereocenters. The molecule has 2 N–H and O–H groups in total. The van der Waals surface area contributed by atoms with Crippen molar-refractivity contribution in [3.05, 3.63) is 36.2 Å². The van der Waals surface area contributed by atoms with Gasteiger partial charge >= 0.3 is 0 Å². The van der Waals surface area contributed by atoms with Crippen molar-refractivity contribution in [2.45, 2.75) is 39.3 Å². The summed E-state index contributed by atoms with van der Waals surface area (Å²) in [6.07, 6.45) is 7.59. The zero-order chi connectivity index (χ0) is 13.8. The molecule has 0 spiro atoms. The van der Waals surface area contributed by atoms with Gasteiger partial charge in [-0.2, -0.15) is 5.10 Å². The number of hydrogen-bond acceptors (Lipinski definition) is 3. The second kappa shape index (κ2) is 6.02. The van der Waals surface area contributed by atoms with E-state index < -0.39 is 0 Å². The summed E-state index contributed by atoms with van der Waals surface area (Å²) in [5, 5.41) is 4.38. The topological polar surface area (TPSA) is 61.7 Å². The largest absolute Gasteiger partial charge is 0.333 e. The van der Waals surface area contributed by atoms with E-state index in [4.69, 9.17) is 5.73 Å². The normalized spacial score (nSPS) is 13.1. The molecular formula is C14H23N5. The lowest BCUT2D eigenvalue weighted by molar-refractivity contribution is 0.482. The first-order valence-electron chi connectivity index (χ1n) is 6.80. The van der Waals surface area contributed by atoms with E-state index >= 15 is 0 Å². The minimum Gasteiger partial charge on any atom is -0.333 e.